The third-order valence-corrected chi connectivity index (χ3v) is 4.88. The molecule has 3 aromatic rings. The summed E-state index contributed by atoms with van der Waals surface area (Å²) in [6.45, 7) is 0. The largest absolute Gasteiger partial charge is 0.465 e. The molecular formula is C19H13Cl2NO4S. The first kappa shape index (κ1) is 19.2. The minimum absolute atomic E-state index is 0.322. The molecule has 8 heteroatoms. The van der Waals surface area contributed by atoms with E-state index in [0.29, 0.717) is 37.7 Å². The summed E-state index contributed by atoms with van der Waals surface area (Å²) in [4.78, 5) is 24.6. The summed E-state index contributed by atoms with van der Waals surface area (Å²) in [5, 5.41) is 5.43. The molecule has 0 bridgehead atoms. The number of hydrogen-bond donors (Lipinski definition) is 1. The van der Waals surface area contributed by atoms with E-state index in [9.17, 15) is 9.59 Å². The van der Waals surface area contributed by atoms with Crippen LogP contribution in [0.25, 0.3) is 0 Å². The van der Waals surface area contributed by atoms with E-state index in [1.54, 1.807) is 53.9 Å². The van der Waals surface area contributed by atoms with Crippen molar-refractivity contribution in [3.05, 3.63) is 74.4 Å². The number of halogens is 2. The second-order valence-electron chi connectivity index (χ2n) is 5.31. The van der Waals surface area contributed by atoms with Crippen molar-refractivity contribution in [3.63, 3.8) is 0 Å². The fraction of sp³-hybridized carbons (Fsp3) is 0.0526. The molecule has 0 saturated carbocycles. The average Bonchev–Trinajstić information content (AvgIpc) is 3.12. The van der Waals surface area contributed by atoms with Crippen molar-refractivity contribution >= 4 is 52.1 Å². The summed E-state index contributed by atoms with van der Waals surface area (Å²) < 4.78 is 10.6. The van der Waals surface area contributed by atoms with Gasteiger partial charge in [0.15, 0.2) is 16.4 Å². The topological polar surface area (TPSA) is 64.6 Å². The van der Waals surface area contributed by atoms with Crippen molar-refractivity contribution in [2.75, 3.05) is 12.4 Å². The molecule has 0 aliphatic carbocycles. The van der Waals surface area contributed by atoms with Crippen LogP contribution in [0.3, 0.4) is 0 Å². The van der Waals surface area contributed by atoms with Crippen LogP contribution in [0.1, 0.15) is 20.0 Å². The van der Waals surface area contributed by atoms with Crippen LogP contribution >= 0.6 is 34.5 Å². The molecule has 0 atom stereocenters. The van der Waals surface area contributed by atoms with Gasteiger partial charge in [0.25, 0.3) is 5.91 Å². The first-order valence-corrected chi connectivity index (χ1v) is 9.31. The lowest BCUT2D eigenvalue weighted by atomic mass is 10.2. The molecule has 0 aliphatic heterocycles. The number of carbonyl (C=O) groups excluding carboxylic acids is 2. The first-order valence-electron chi connectivity index (χ1n) is 7.68. The highest BCUT2D eigenvalue weighted by Crippen LogP contribution is 2.36. The lowest BCUT2D eigenvalue weighted by molar-refractivity contribution is 0.0603. The molecule has 0 unspecified atom stereocenters. The average molecular weight is 422 g/mol. The van der Waals surface area contributed by atoms with Crippen LogP contribution in [-0.4, -0.2) is 19.0 Å². The van der Waals surface area contributed by atoms with E-state index in [2.05, 4.69) is 5.32 Å². The maximum absolute atomic E-state index is 12.5. The lowest BCUT2D eigenvalue weighted by Gasteiger charge is -2.13. The van der Waals surface area contributed by atoms with Gasteiger partial charge in [-0.15, -0.1) is 11.3 Å². The zero-order valence-electron chi connectivity index (χ0n) is 14.0. The second-order valence-corrected chi connectivity index (χ2v) is 7.10. The summed E-state index contributed by atoms with van der Waals surface area (Å²) >= 11 is 13.1. The third kappa shape index (κ3) is 4.60. The Morgan fingerprint density at radius 3 is 2.37 bits per heavy atom. The van der Waals surface area contributed by atoms with Crippen LogP contribution in [-0.2, 0) is 4.74 Å². The maximum Gasteiger partial charge on any atom is 0.351 e. The number of thiophene rings is 1. The Labute approximate surface area is 169 Å². The normalized spacial score (nSPS) is 10.3. The van der Waals surface area contributed by atoms with Crippen molar-refractivity contribution in [1.29, 1.82) is 0 Å². The van der Waals surface area contributed by atoms with E-state index < -0.39 is 5.97 Å². The van der Waals surface area contributed by atoms with Crippen molar-refractivity contribution in [3.8, 4) is 11.5 Å². The van der Waals surface area contributed by atoms with Gasteiger partial charge in [0.05, 0.1) is 12.8 Å². The fourth-order valence-corrected chi connectivity index (χ4v) is 3.25. The molecule has 2 aromatic carbocycles. The molecule has 27 heavy (non-hydrogen) atoms. The monoisotopic (exact) mass is 421 g/mol. The molecule has 0 radical (unpaired) electrons. The van der Waals surface area contributed by atoms with Crippen molar-refractivity contribution in [1.82, 2.24) is 0 Å². The molecule has 0 saturated heterocycles. The van der Waals surface area contributed by atoms with Gasteiger partial charge in [-0.05, 0) is 53.9 Å². The molecule has 0 aliphatic rings. The predicted octanol–water partition coefficient (Wildman–Crippen LogP) is 5.89. The molecular weight excluding hydrogens is 409 g/mol. The predicted molar refractivity (Wildman–Crippen MR) is 107 cm³/mol. The number of rotatable bonds is 5. The molecule has 1 N–H and O–H groups in total. The Hall–Kier alpha value is -2.54. The van der Waals surface area contributed by atoms with Gasteiger partial charge in [0, 0.05) is 15.6 Å². The highest BCUT2D eigenvalue weighted by Gasteiger charge is 2.18. The van der Waals surface area contributed by atoms with E-state index in [0.717, 1.165) is 0 Å². The molecule has 138 valence electrons. The van der Waals surface area contributed by atoms with Gasteiger partial charge >= 0.3 is 5.97 Å². The number of hydrogen-bond acceptors (Lipinski definition) is 5. The van der Waals surface area contributed by atoms with E-state index >= 15 is 0 Å². The van der Waals surface area contributed by atoms with E-state index in [1.807, 2.05) is 0 Å². The van der Waals surface area contributed by atoms with Gasteiger partial charge in [-0.1, -0.05) is 23.2 Å². The molecule has 1 aromatic heterocycles. The minimum Gasteiger partial charge on any atom is -0.465 e. The summed E-state index contributed by atoms with van der Waals surface area (Å²) in [5.74, 6) is -0.181. The Bertz CT molecular complexity index is 986. The number of esters is 1. The molecule has 1 heterocycles. The fourth-order valence-electron chi connectivity index (χ4n) is 2.22. The minimum atomic E-state index is -0.499. The second kappa shape index (κ2) is 8.43. The number of nitrogens with one attached hydrogen (secondary N) is 1. The number of amides is 1. The highest BCUT2D eigenvalue weighted by atomic mass is 35.5. The number of carbonyl (C=O) groups is 2. The molecule has 5 nitrogen and oxygen atoms in total. The van der Waals surface area contributed by atoms with E-state index in [1.165, 1.54) is 18.4 Å². The van der Waals surface area contributed by atoms with Gasteiger partial charge in [0.2, 0.25) is 0 Å². The van der Waals surface area contributed by atoms with Gasteiger partial charge in [0.1, 0.15) is 0 Å². The van der Waals surface area contributed by atoms with Gasteiger partial charge in [-0.25, -0.2) is 4.79 Å². The molecule has 1 amide bonds. The highest BCUT2D eigenvalue weighted by molar-refractivity contribution is 7.12. The Morgan fingerprint density at radius 1 is 0.963 bits per heavy atom. The van der Waals surface area contributed by atoms with Crippen LogP contribution in [0.4, 0.5) is 5.69 Å². The quantitative estimate of drug-likeness (QED) is 0.521. The van der Waals surface area contributed by atoms with Gasteiger partial charge in [-0.2, -0.15) is 0 Å². The number of ether oxygens (including phenoxy) is 2. The van der Waals surface area contributed by atoms with E-state index in [4.69, 9.17) is 32.7 Å². The van der Waals surface area contributed by atoms with E-state index in [-0.39, 0.29) is 5.91 Å². The summed E-state index contributed by atoms with van der Waals surface area (Å²) in [5.41, 5.74) is 0.792. The van der Waals surface area contributed by atoms with Crippen LogP contribution in [0.2, 0.25) is 10.0 Å². The standard InChI is InChI=1S/C19H13Cl2NO4S/c1-25-19(24)17-16(8-9-27-17)26-15-7-6-13(21)10-14(15)22-18(23)11-2-4-12(20)5-3-11/h2-10H,1H3,(H,22,23). The van der Waals surface area contributed by atoms with Crippen LogP contribution in [0.5, 0.6) is 11.5 Å². The van der Waals surface area contributed by atoms with Crippen molar-refractivity contribution in [2.45, 2.75) is 0 Å². The zero-order valence-corrected chi connectivity index (χ0v) is 16.3. The summed E-state index contributed by atoms with van der Waals surface area (Å²) in [6, 6.07) is 12.9. The van der Waals surface area contributed by atoms with Crippen LogP contribution in [0, 0.1) is 0 Å². The SMILES string of the molecule is COC(=O)c1sccc1Oc1ccc(Cl)cc1NC(=O)c1ccc(Cl)cc1. The Balaban J connectivity index is 1.87. The number of methoxy groups -OCH3 is 1. The first-order chi connectivity index (χ1) is 13.0. The summed E-state index contributed by atoms with van der Waals surface area (Å²) in [7, 11) is 1.30. The van der Waals surface area contributed by atoms with Crippen LogP contribution in [0.15, 0.2) is 53.9 Å². The smallest absolute Gasteiger partial charge is 0.351 e. The number of benzene rings is 2. The maximum atomic E-state index is 12.5. The Kier molecular flexibility index (Phi) is 6.01. The molecule has 3 rings (SSSR count). The molecule has 0 fully saturated rings. The zero-order chi connectivity index (χ0) is 19.4. The van der Waals surface area contributed by atoms with Gasteiger partial charge in [-0.3, -0.25) is 4.79 Å². The molecule has 0 spiro atoms. The summed E-state index contributed by atoms with van der Waals surface area (Å²) in [6.07, 6.45) is 0. The Morgan fingerprint density at radius 2 is 1.67 bits per heavy atom. The van der Waals surface area contributed by atoms with Crippen molar-refractivity contribution in [2.24, 2.45) is 0 Å². The van der Waals surface area contributed by atoms with Gasteiger partial charge < -0.3 is 14.8 Å². The van der Waals surface area contributed by atoms with Crippen LogP contribution < -0.4 is 10.1 Å². The third-order valence-electron chi connectivity index (χ3n) is 3.52. The lowest BCUT2D eigenvalue weighted by Crippen LogP contribution is -2.12. The number of anilines is 1. The van der Waals surface area contributed by atoms with Crippen molar-refractivity contribution < 1.29 is 19.1 Å².